The number of rotatable bonds is 6. The van der Waals surface area contributed by atoms with Gasteiger partial charge in [-0.25, -0.2) is 0 Å². The van der Waals surface area contributed by atoms with Gasteiger partial charge >= 0.3 is 0 Å². The zero-order valence-electron chi connectivity index (χ0n) is 22.0. The van der Waals surface area contributed by atoms with Crippen LogP contribution in [-0.2, 0) is 34.0 Å². The topological polar surface area (TPSA) is 88.2 Å². The Balaban J connectivity index is 1.35. The van der Waals surface area contributed by atoms with E-state index >= 15 is 0 Å². The molecule has 0 radical (unpaired) electrons. The minimum Gasteiger partial charge on any atom is -0.489 e. The normalized spacial score (nSPS) is 24.8. The number of hydrogen-bond acceptors (Lipinski definition) is 6. The molecule has 3 unspecified atom stereocenters. The summed E-state index contributed by atoms with van der Waals surface area (Å²) in [7, 11) is 0. The van der Waals surface area contributed by atoms with Crippen molar-refractivity contribution in [1.29, 1.82) is 0 Å². The second kappa shape index (κ2) is 9.33. The van der Waals surface area contributed by atoms with E-state index in [2.05, 4.69) is 5.32 Å². The van der Waals surface area contributed by atoms with E-state index in [-0.39, 0.29) is 54.6 Å². The summed E-state index contributed by atoms with van der Waals surface area (Å²) in [6.07, 6.45) is 0.390. The largest absolute Gasteiger partial charge is 0.489 e. The number of amides is 3. The van der Waals surface area contributed by atoms with Gasteiger partial charge in [0, 0.05) is 38.5 Å². The standard InChI is InChI=1S/C25H27N3O5/c29-23-9-8-21(24(30)26-23)28-15-20-19(25(28)31)2-1-3-22(20)33-16-18-6-4-17(5-7-18)14-27-10-12-32-13-11-27/h1-7,21H,8-16H2,(H,26,29,30)/i4D,7D,14D,16D. The number of fused-ring (bicyclic) bond motifs is 1. The van der Waals surface area contributed by atoms with Crippen LogP contribution in [0.1, 0.15) is 45.4 Å². The number of carbonyl (C=O) groups is 3. The van der Waals surface area contributed by atoms with E-state index < -0.39 is 25.1 Å². The van der Waals surface area contributed by atoms with Gasteiger partial charge in [0.15, 0.2) is 0 Å². The number of benzene rings is 2. The van der Waals surface area contributed by atoms with E-state index in [1.165, 1.54) is 17.0 Å². The molecule has 8 heteroatoms. The van der Waals surface area contributed by atoms with E-state index in [0.29, 0.717) is 43.0 Å². The Bertz CT molecular complexity index is 1250. The van der Waals surface area contributed by atoms with Crippen LogP contribution in [0.5, 0.6) is 5.75 Å². The summed E-state index contributed by atoms with van der Waals surface area (Å²) >= 11 is 0. The first kappa shape index (κ1) is 17.3. The molecule has 0 aliphatic carbocycles. The Morgan fingerprint density at radius 1 is 1.12 bits per heavy atom. The molecule has 3 aliphatic heterocycles. The van der Waals surface area contributed by atoms with Gasteiger partial charge < -0.3 is 14.4 Å². The first-order chi connectivity index (χ1) is 17.7. The molecular weight excluding hydrogens is 422 g/mol. The number of morpholine rings is 1. The smallest absolute Gasteiger partial charge is 0.255 e. The van der Waals surface area contributed by atoms with Crippen molar-refractivity contribution in [2.75, 3.05) is 26.3 Å². The van der Waals surface area contributed by atoms with Crippen molar-refractivity contribution in [2.24, 2.45) is 0 Å². The minimum atomic E-state index is -1.34. The third kappa shape index (κ3) is 4.62. The van der Waals surface area contributed by atoms with Crippen molar-refractivity contribution in [3.8, 4) is 5.75 Å². The number of hydrogen-bond donors (Lipinski definition) is 1. The van der Waals surface area contributed by atoms with Crippen LogP contribution in [0.3, 0.4) is 0 Å². The van der Waals surface area contributed by atoms with Crippen LogP contribution in [-0.4, -0.2) is 59.9 Å². The van der Waals surface area contributed by atoms with Gasteiger partial charge in [-0.3, -0.25) is 24.6 Å². The van der Waals surface area contributed by atoms with Gasteiger partial charge in [0.2, 0.25) is 11.8 Å². The summed E-state index contributed by atoms with van der Waals surface area (Å²) in [5.74, 6) is -0.938. The van der Waals surface area contributed by atoms with Crippen LogP contribution < -0.4 is 10.1 Å². The molecule has 0 spiro atoms. The molecule has 8 nitrogen and oxygen atoms in total. The van der Waals surface area contributed by atoms with Crippen LogP contribution in [0.4, 0.5) is 0 Å². The van der Waals surface area contributed by atoms with Crippen LogP contribution in [0.15, 0.2) is 42.4 Å². The monoisotopic (exact) mass is 453 g/mol. The highest BCUT2D eigenvalue weighted by Crippen LogP contribution is 2.34. The van der Waals surface area contributed by atoms with E-state index in [1.807, 2.05) is 4.90 Å². The van der Waals surface area contributed by atoms with Crippen LogP contribution in [0.2, 0.25) is 0 Å². The Morgan fingerprint density at radius 3 is 2.73 bits per heavy atom. The van der Waals surface area contributed by atoms with Crippen molar-refractivity contribution >= 4 is 17.7 Å². The van der Waals surface area contributed by atoms with Crippen molar-refractivity contribution in [2.45, 2.75) is 38.5 Å². The lowest BCUT2D eigenvalue weighted by molar-refractivity contribution is -0.136. The molecule has 5 rings (SSSR count). The fourth-order valence-corrected chi connectivity index (χ4v) is 4.25. The van der Waals surface area contributed by atoms with Gasteiger partial charge in [-0.05, 0) is 29.7 Å². The number of carbonyl (C=O) groups excluding carboxylic acids is 3. The summed E-state index contributed by atoms with van der Waals surface area (Å²) in [5, 5.41) is 2.27. The summed E-state index contributed by atoms with van der Waals surface area (Å²) < 4.78 is 45.2. The van der Waals surface area contributed by atoms with Gasteiger partial charge in [0.25, 0.3) is 5.91 Å². The zero-order chi connectivity index (χ0) is 26.3. The quantitative estimate of drug-likeness (QED) is 0.672. The lowest BCUT2D eigenvalue weighted by Gasteiger charge is -2.29. The molecule has 3 amide bonds. The Kier molecular flexibility index (Phi) is 4.88. The predicted molar refractivity (Wildman–Crippen MR) is 119 cm³/mol. The Labute approximate surface area is 198 Å². The first-order valence-corrected chi connectivity index (χ1v) is 10.9. The van der Waals surface area contributed by atoms with E-state index in [1.54, 1.807) is 18.2 Å². The number of piperidine rings is 1. The fraction of sp³-hybridized carbons (Fsp3) is 0.400. The maximum atomic E-state index is 13.0. The van der Waals surface area contributed by atoms with Crippen molar-refractivity contribution in [3.63, 3.8) is 0 Å². The second-order valence-corrected chi connectivity index (χ2v) is 8.18. The van der Waals surface area contributed by atoms with Crippen LogP contribution >= 0.6 is 0 Å². The molecule has 3 heterocycles. The van der Waals surface area contributed by atoms with E-state index in [0.717, 1.165) is 0 Å². The molecule has 0 aromatic heterocycles. The highest BCUT2D eigenvalue weighted by molar-refractivity contribution is 6.05. The summed E-state index contributed by atoms with van der Waals surface area (Å²) in [5.41, 5.74) is 1.45. The molecular formula is C25H27N3O5. The average Bonchev–Trinajstić information content (AvgIpc) is 3.22. The van der Waals surface area contributed by atoms with Crippen molar-refractivity contribution < 1.29 is 29.3 Å². The highest BCUT2D eigenvalue weighted by atomic mass is 16.5. The van der Waals surface area contributed by atoms with Gasteiger partial charge in [-0.2, -0.15) is 0 Å². The second-order valence-electron chi connectivity index (χ2n) is 8.18. The van der Waals surface area contributed by atoms with E-state index in [4.69, 9.17) is 15.0 Å². The van der Waals surface area contributed by atoms with Gasteiger partial charge in [0.05, 0.1) is 23.9 Å². The molecule has 2 fully saturated rings. The van der Waals surface area contributed by atoms with Crippen molar-refractivity contribution in [3.05, 3.63) is 64.7 Å². The molecule has 2 saturated heterocycles. The SMILES string of the molecule is [2H]c1cc(C([2H])N2CCOCC2)c([2H])cc1C([2H])Oc1cccc2c1CN(C1CCC(=O)NC1=O)C2=O. The lowest BCUT2D eigenvalue weighted by atomic mass is 10.0. The molecule has 0 bridgehead atoms. The molecule has 2 aromatic rings. The Hall–Kier alpha value is -3.23. The molecule has 1 N–H and O–H groups in total. The molecule has 0 saturated carbocycles. The predicted octanol–water partition coefficient (Wildman–Crippen LogP) is 1.86. The van der Waals surface area contributed by atoms with Crippen LogP contribution in [0, 0.1) is 0 Å². The summed E-state index contributed by atoms with van der Waals surface area (Å²) in [4.78, 5) is 40.2. The summed E-state index contributed by atoms with van der Waals surface area (Å²) in [6, 6.07) is 6.99. The molecule has 3 aliphatic rings. The number of imide groups is 1. The molecule has 172 valence electrons. The first-order valence-electron chi connectivity index (χ1n) is 13.1. The maximum Gasteiger partial charge on any atom is 0.255 e. The minimum absolute atomic E-state index is 0.00895. The van der Waals surface area contributed by atoms with E-state index in [9.17, 15) is 14.4 Å². The summed E-state index contributed by atoms with van der Waals surface area (Å²) in [6.45, 7) is 0.121. The molecule has 3 atom stereocenters. The third-order valence-corrected chi connectivity index (χ3v) is 6.01. The van der Waals surface area contributed by atoms with Crippen molar-refractivity contribution in [1.82, 2.24) is 15.1 Å². The molecule has 2 aromatic carbocycles. The third-order valence-electron chi connectivity index (χ3n) is 6.01. The number of ether oxygens (including phenoxy) is 2. The molecule has 33 heavy (non-hydrogen) atoms. The Morgan fingerprint density at radius 2 is 1.91 bits per heavy atom. The van der Waals surface area contributed by atoms with Gasteiger partial charge in [-0.15, -0.1) is 0 Å². The van der Waals surface area contributed by atoms with Gasteiger partial charge in [0.1, 0.15) is 18.4 Å². The number of nitrogens with zero attached hydrogens (tertiary/aromatic N) is 2. The zero-order valence-corrected chi connectivity index (χ0v) is 18.0. The fourth-order valence-electron chi connectivity index (χ4n) is 4.25. The maximum absolute atomic E-state index is 13.0. The van der Waals surface area contributed by atoms with Crippen LogP contribution in [0.25, 0.3) is 0 Å². The average molecular weight is 454 g/mol. The highest BCUT2D eigenvalue weighted by Gasteiger charge is 2.40. The lowest BCUT2D eigenvalue weighted by Crippen LogP contribution is -2.52. The van der Waals surface area contributed by atoms with Gasteiger partial charge in [-0.1, -0.05) is 30.3 Å². The number of nitrogens with one attached hydrogen (secondary N) is 1.